The first kappa shape index (κ1) is 11.8. The molecule has 17 heavy (non-hydrogen) atoms. The molecule has 0 radical (unpaired) electrons. The summed E-state index contributed by atoms with van der Waals surface area (Å²) in [6, 6.07) is 3.49. The third kappa shape index (κ3) is 2.92. The molecular formula is C11H16N4O2. The fourth-order valence-electron chi connectivity index (χ4n) is 1.67. The summed E-state index contributed by atoms with van der Waals surface area (Å²) in [5.74, 6) is 0.433. The van der Waals surface area contributed by atoms with Gasteiger partial charge in [0, 0.05) is 26.3 Å². The molecule has 92 valence electrons. The topological polar surface area (TPSA) is 66.5 Å². The number of hydrogen-bond donors (Lipinski definition) is 2. The number of pyridine rings is 1. The number of carbonyl (C=O) groups excluding carboxylic acids is 1. The maximum atomic E-state index is 12.0. The monoisotopic (exact) mass is 236 g/mol. The van der Waals surface area contributed by atoms with Crippen LogP contribution in [0.3, 0.4) is 0 Å². The lowest BCUT2D eigenvalue weighted by Gasteiger charge is -2.27. The second-order valence-corrected chi connectivity index (χ2v) is 3.69. The second-order valence-electron chi connectivity index (χ2n) is 3.69. The second kappa shape index (κ2) is 5.60. The van der Waals surface area contributed by atoms with E-state index >= 15 is 0 Å². The summed E-state index contributed by atoms with van der Waals surface area (Å²) < 4.78 is 5.21. The lowest BCUT2D eigenvalue weighted by Crippen LogP contribution is -2.48. The highest BCUT2D eigenvalue weighted by Gasteiger charge is 2.16. The maximum absolute atomic E-state index is 12.0. The Morgan fingerprint density at radius 3 is 2.94 bits per heavy atom. The Morgan fingerprint density at radius 1 is 1.47 bits per heavy atom. The van der Waals surface area contributed by atoms with Crippen LogP contribution >= 0.6 is 0 Å². The molecule has 2 N–H and O–H groups in total. The van der Waals surface area contributed by atoms with Crippen LogP contribution in [0.5, 0.6) is 0 Å². The van der Waals surface area contributed by atoms with Crippen LogP contribution in [0.4, 0.5) is 5.82 Å². The highest BCUT2D eigenvalue weighted by atomic mass is 16.5. The van der Waals surface area contributed by atoms with E-state index in [1.54, 1.807) is 25.4 Å². The van der Waals surface area contributed by atoms with Gasteiger partial charge < -0.3 is 10.1 Å². The molecular weight excluding hydrogens is 220 g/mol. The standard InChI is InChI=1S/C11H16N4O2/c1-12-10-9(3-2-4-13-10)11(16)14-15-5-7-17-8-6-15/h2-4H,5-8H2,1H3,(H,12,13)(H,14,16). The zero-order chi connectivity index (χ0) is 12.1. The van der Waals surface area contributed by atoms with Gasteiger partial charge in [0.05, 0.1) is 18.8 Å². The van der Waals surface area contributed by atoms with Gasteiger partial charge in [-0.05, 0) is 12.1 Å². The van der Waals surface area contributed by atoms with Crippen LogP contribution in [0.2, 0.25) is 0 Å². The summed E-state index contributed by atoms with van der Waals surface area (Å²) in [4.78, 5) is 16.1. The third-order valence-electron chi connectivity index (χ3n) is 2.56. The predicted octanol–water partition coefficient (Wildman–Crippen LogP) is 0.100. The summed E-state index contributed by atoms with van der Waals surface area (Å²) in [7, 11) is 1.74. The summed E-state index contributed by atoms with van der Waals surface area (Å²) in [5.41, 5.74) is 3.39. The highest BCUT2D eigenvalue weighted by Crippen LogP contribution is 2.10. The average Bonchev–Trinajstić information content (AvgIpc) is 2.40. The quantitative estimate of drug-likeness (QED) is 0.779. The number of amides is 1. The van der Waals surface area contributed by atoms with Crippen molar-refractivity contribution < 1.29 is 9.53 Å². The molecule has 0 atom stereocenters. The van der Waals surface area contributed by atoms with Crippen LogP contribution < -0.4 is 10.7 Å². The number of nitrogens with zero attached hydrogens (tertiary/aromatic N) is 2. The van der Waals surface area contributed by atoms with Crippen molar-refractivity contribution in [2.45, 2.75) is 0 Å². The van der Waals surface area contributed by atoms with E-state index in [0.29, 0.717) is 37.7 Å². The molecule has 0 aliphatic carbocycles. The summed E-state index contributed by atoms with van der Waals surface area (Å²) >= 11 is 0. The zero-order valence-electron chi connectivity index (χ0n) is 9.77. The minimum absolute atomic E-state index is 0.149. The Hall–Kier alpha value is -1.66. The Morgan fingerprint density at radius 2 is 2.24 bits per heavy atom. The van der Waals surface area contributed by atoms with E-state index in [-0.39, 0.29) is 5.91 Å². The molecule has 0 aromatic carbocycles. The van der Waals surface area contributed by atoms with Crippen LogP contribution in [0, 0.1) is 0 Å². The van der Waals surface area contributed by atoms with Gasteiger partial charge in [0.25, 0.3) is 5.91 Å². The molecule has 1 amide bonds. The molecule has 1 aromatic rings. The van der Waals surface area contributed by atoms with Gasteiger partial charge in [-0.3, -0.25) is 10.2 Å². The first-order valence-electron chi connectivity index (χ1n) is 5.57. The number of rotatable bonds is 3. The van der Waals surface area contributed by atoms with Gasteiger partial charge in [-0.1, -0.05) is 0 Å². The van der Waals surface area contributed by atoms with E-state index in [2.05, 4.69) is 15.7 Å². The van der Waals surface area contributed by atoms with E-state index < -0.39 is 0 Å². The van der Waals surface area contributed by atoms with Crippen LogP contribution in [0.15, 0.2) is 18.3 Å². The van der Waals surface area contributed by atoms with Gasteiger partial charge in [0.15, 0.2) is 0 Å². The van der Waals surface area contributed by atoms with Crippen molar-refractivity contribution in [2.75, 3.05) is 38.7 Å². The molecule has 6 nitrogen and oxygen atoms in total. The van der Waals surface area contributed by atoms with Crippen molar-refractivity contribution in [1.29, 1.82) is 0 Å². The molecule has 6 heteroatoms. The van der Waals surface area contributed by atoms with E-state index in [0.717, 1.165) is 0 Å². The van der Waals surface area contributed by atoms with Crippen LogP contribution in [-0.4, -0.2) is 49.3 Å². The Balaban J connectivity index is 2.03. The van der Waals surface area contributed by atoms with Gasteiger partial charge in [-0.15, -0.1) is 0 Å². The van der Waals surface area contributed by atoms with Crippen LogP contribution in [-0.2, 0) is 4.74 Å². The van der Waals surface area contributed by atoms with Crippen molar-refractivity contribution in [1.82, 2.24) is 15.4 Å². The largest absolute Gasteiger partial charge is 0.379 e. The SMILES string of the molecule is CNc1ncccc1C(=O)NN1CCOCC1. The molecule has 2 rings (SSSR count). The van der Waals surface area contributed by atoms with Crippen LogP contribution in [0.1, 0.15) is 10.4 Å². The molecule has 0 unspecified atom stereocenters. The Labute approximate surface area is 99.9 Å². The van der Waals surface area contributed by atoms with Gasteiger partial charge in [0.1, 0.15) is 5.82 Å². The molecule has 1 fully saturated rings. The number of morpholine rings is 1. The number of aromatic nitrogens is 1. The number of ether oxygens (including phenoxy) is 1. The average molecular weight is 236 g/mol. The first-order valence-corrected chi connectivity index (χ1v) is 5.57. The van der Waals surface area contributed by atoms with E-state index in [1.165, 1.54) is 0 Å². The molecule has 1 aliphatic heterocycles. The van der Waals surface area contributed by atoms with Crippen molar-refractivity contribution in [3.05, 3.63) is 23.9 Å². The molecule has 0 bridgehead atoms. The van der Waals surface area contributed by atoms with Crippen molar-refractivity contribution in [3.63, 3.8) is 0 Å². The van der Waals surface area contributed by atoms with Gasteiger partial charge in [-0.25, -0.2) is 9.99 Å². The summed E-state index contributed by atoms with van der Waals surface area (Å²) in [5, 5.41) is 4.76. The third-order valence-corrected chi connectivity index (χ3v) is 2.56. The van der Waals surface area contributed by atoms with Gasteiger partial charge in [-0.2, -0.15) is 0 Å². The van der Waals surface area contributed by atoms with E-state index in [4.69, 9.17) is 4.74 Å². The predicted molar refractivity (Wildman–Crippen MR) is 63.6 cm³/mol. The van der Waals surface area contributed by atoms with E-state index in [9.17, 15) is 4.79 Å². The Bertz CT molecular complexity index is 391. The Kier molecular flexibility index (Phi) is 3.89. The fourth-order valence-corrected chi connectivity index (χ4v) is 1.67. The number of nitrogens with one attached hydrogen (secondary N) is 2. The van der Waals surface area contributed by atoms with Crippen LogP contribution in [0.25, 0.3) is 0 Å². The fraction of sp³-hybridized carbons (Fsp3) is 0.455. The minimum atomic E-state index is -0.149. The molecule has 0 saturated carbocycles. The van der Waals surface area contributed by atoms with Crippen molar-refractivity contribution in [3.8, 4) is 0 Å². The lowest BCUT2D eigenvalue weighted by atomic mass is 10.2. The number of hydrazine groups is 1. The van der Waals surface area contributed by atoms with E-state index in [1.807, 2.05) is 5.01 Å². The zero-order valence-corrected chi connectivity index (χ0v) is 9.77. The van der Waals surface area contributed by atoms with Crippen molar-refractivity contribution in [2.24, 2.45) is 0 Å². The molecule has 1 saturated heterocycles. The lowest BCUT2D eigenvalue weighted by molar-refractivity contribution is 0.0126. The van der Waals surface area contributed by atoms with Gasteiger partial charge >= 0.3 is 0 Å². The number of anilines is 1. The van der Waals surface area contributed by atoms with Crippen molar-refractivity contribution >= 4 is 11.7 Å². The molecule has 1 aliphatic rings. The maximum Gasteiger partial charge on any atom is 0.269 e. The summed E-state index contributed by atoms with van der Waals surface area (Å²) in [6.45, 7) is 2.71. The molecule has 2 heterocycles. The van der Waals surface area contributed by atoms with Gasteiger partial charge in [0.2, 0.25) is 0 Å². The number of hydrogen-bond acceptors (Lipinski definition) is 5. The highest BCUT2D eigenvalue weighted by molar-refractivity contribution is 5.98. The summed E-state index contributed by atoms with van der Waals surface area (Å²) in [6.07, 6.45) is 1.65. The first-order chi connectivity index (χ1) is 8.31. The smallest absolute Gasteiger partial charge is 0.269 e. The molecule has 0 spiro atoms. The molecule has 1 aromatic heterocycles. The normalized spacial score (nSPS) is 16.5. The number of carbonyl (C=O) groups is 1. The minimum Gasteiger partial charge on any atom is -0.379 e.